The maximum absolute atomic E-state index is 11.5. The van der Waals surface area contributed by atoms with Crippen LogP contribution in [0.5, 0.6) is 0 Å². The van der Waals surface area contributed by atoms with E-state index < -0.39 is 20.2 Å². The third-order valence-corrected chi connectivity index (χ3v) is 4.35. The Balaban J connectivity index is 3.13. The number of benzene rings is 1. The van der Waals surface area contributed by atoms with Gasteiger partial charge in [0, 0.05) is 0 Å². The van der Waals surface area contributed by atoms with Gasteiger partial charge in [-0.3, -0.25) is 0 Å². The van der Waals surface area contributed by atoms with Crippen LogP contribution in [-0.4, -0.2) is 16.8 Å². The van der Waals surface area contributed by atoms with Crippen LogP contribution >= 0.6 is 0 Å². The lowest BCUT2D eigenvalue weighted by atomic mass is 10.2. The fraction of sp³-hybridized carbons (Fsp3) is 0. The van der Waals surface area contributed by atoms with E-state index in [-0.39, 0.29) is 4.90 Å². The van der Waals surface area contributed by atoms with Crippen molar-refractivity contribution in [1.82, 2.24) is 4.13 Å². The first-order chi connectivity index (χ1) is 7.24. The first-order valence-electron chi connectivity index (χ1n) is 4.03. The van der Waals surface area contributed by atoms with Crippen molar-refractivity contribution in [3.05, 3.63) is 36.4 Å². The van der Waals surface area contributed by atoms with Crippen LogP contribution in [0.25, 0.3) is 6.08 Å². The molecule has 0 spiro atoms. The minimum absolute atomic E-state index is 0.188. The number of sulfonamides is 1. The summed E-state index contributed by atoms with van der Waals surface area (Å²) in [4.78, 5) is -0.188. The van der Waals surface area contributed by atoms with Crippen molar-refractivity contribution in [3.63, 3.8) is 0 Å². The zero-order valence-electron chi connectivity index (χ0n) is 8.12. The largest absolute Gasteiger partial charge is 0.287 e. The smallest absolute Gasteiger partial charge is 0.215 e. The molecule has 0 atom stereocenters. The molecule has 0 bridgehead atoms. The third-order valence-electron chi connectivity index (χ3n) is 1.65. The van der Waals surface area contributed by atoms with Crippen molar-refractivity contribution in [1.29, 1.82) is 0 Å². The van der Waals surface area contributed by atoms with Crippen molar-refractivity contribution in [2.45, 2.75) is 4.90 Å². The zero-order valence-corrected chi connectivity index (χ0v) is 9.75. The minimum atomic E-state index is -4.30. The topological polar surface area (TPSA) is 106 Å². The van der Waals surface area contributed by atoms with E-state index in [0.29, 0.717) is 0 Å². The maximum Gasteiger partial charge on any atom is 0.287 e. The van der Waals surface area contributed by atoms with E-state index in [4.69, 9.17) is 0 Å². The Morgan fingerprint density at radius 1 is 1.12 bits per heavy atom. The molecule has 8 heteroatoms. The Hall–Kier alpha value is -1.22. The van der Waals surface area contributed by atoms with Crippen LogP contribution in [-0.2, 0) is 20.2 Å². The quantitative estimate of drug-likeness (QED) is 0.784. The van der Waals surface area contributed by atoms with Gasteiger partial charge >= 0.3 is 0 Å². The highest BCUT2D eigenvalue weighted by atomic mass is 32.3. The lowest BCUT2D eigenvalue weighted by Gasteiger charge is -2.04. The van der Waals surface area contributed by atoms with Crippen molar-refractivity contribution >= 4 is 26.3 Å². The molecular formula is C8H10N2O4S2. The molecule has 16 heavy (non-hydrogen) atoms. The lowest BCUT2D eigenvalue weighted by molar-refractivity contribution is 0.578. The molecular weight excluding hydrogens is 252 g/mol. The van der Waals surface area contributed by atoms with Gasteiger partial charge in [0.05, 0.1) is 4.90 Å². The van der Waals surface area contributed by atoms with E-state index in [1.807, 2.05) is 0 Å². The average Bonchev–Trinajstić information content (AvgIpc) is 2.14. The SMILES string of the molecule is C=Cc1ccc(S(=O)(=O)NS(N)(=O)=O)cc1. The second-order valence-electron chi connectivity index (χ2n) is 2.90. The molecule has 1 aromatic rings. The van der Waals surface area contributed by atoms with Crippen LogP contribution in [0.15, 0.2) is 35.7 Å². The van der Waals surface area contributed by atoms with Crippen molar-refractivity contribution < 1.29 is 16.8 Å². The summed E-state index contributed by atoms with van der Waals surface area (Å²) in [6, 6.07) is 5.49. The van der Waals surface area contributed by atoms with Gasteiger partial charge in [0.1, 0.15) is 0 Å². The Morgan fingerprint density at radius 3 is 2.00 bits per heavy atom. The Morgan fingerprint density at radius 2 is 1.62 bits per heavy atom. The van der Waals surface area contributed by atoms with Gasteiger partial charge in [0.15, 0.2) is 0 Å². The summed E-state index contributed by atoms with van der Waals surface area (Å²) in [5, 5.41) is 4.58. The van der Waals surface area contributed by atoms with Crippen LogP contribution in [0.1, 0.15) is 5.56 Å². The molecule has 3 N–H and O–H groups in total. The van der Waals surface area contributed by atoms with Gasteiger partial charge in [-0.25, -0.2) is 13.6 Å². The fourth-order valence-corrected chi connectivity index (χ4v) is 3.09. The van der Waals surface area contributed by atoms with Gasteiger partial charge in [0.2, 0.25) is 0 Å². The third kappa shape index (κ3) is 3.42. The summed E-state index contributed by atoms with van der Waals surface area (Å²) in [6.07, 6.45) is 1.53. The van der Waals surface area contributed by atoms with Gasteiger partial charge in [-0.2, -0.15) is 8.42 Å². The van der Waals surface area contributed by atoms with Crippen LogP contribution in [0.4, 0.5) is 0 Å². The summed E-state index contributed by atoms with van der Waals surface area (Å²) in [5.74, 6) is 0. The summed E-state index contributed by atoms with van der Waals surface area (Å²) < 4.78 is 45.5. The van der Waals surface area contributed by atoms with E-state index in [1.165, 1.54) is 34.5 Å². The second kappa shape index (κ2) is 4.34. The number of nitrogens with two attached hydrogens (primary N) is 1. The van der Waals surface area contributed by atoms with Gasteiger partial charge in [-0.05, 0) is 17.7 Å². The number of rotatable bonds is 4. The van der Waals surface area contributed by atoms with Crippen molar-refractivity contribution in [2.24, 2.45) is 5.14 Å². The van der Waals surface area contributed by atoms with Crippen molar-refractivity contribution in [3.8, 4) is 0 Å². The highest BCUT2D eigenvalue weighted by molar-refractivity contribution is 8.03. The summed E-state index contributed by atoms with van der Waals surface area (Å²) in [5.41, 5.74) is 0.717. The van der Waals surface area contributed by atoms with Crippen LogP contribution in [0.3, 0.4) is 0 Å². The second-order valence-corrected chi connectivity index (χ2v) is 6.14. The van der Waals surface area contributed by atoms with Crippen LogP contribution in [0.2, 0.25) is 0 Å². The van der Waals surface area contributed by atoms with E-state index in [1.54, 1.807) is 0 Å². The number of hydrogen-bond acceptors (Lipinski definition) is 4. The standard InChI is InChI=1S/C8H10N2O4S2/c1-2-7-3-5-8(6-4-7)15(11,12)10-16(9,13)14/h2-6,10H,1H2,(H2,9,13,14). The molecule has 0 aromatic heterocycles. The maximum atomic E-state index is 11.5. The highest BCUT2D eigenvalue weighted by Crippen LogP contribution is 2.11. The predicted octanol–water partition coefficient (Wildman–Crippen LogP) is -0.189. The normalized spacial score (nSPS) is 12.3. The highest BCUT2D eigenvalue weighted by Gasteiger charge is 2.19. The average molecular weight is 262 g/mol. The van der Waals surface area contributed by atoms with Crippen LogP contribution in [0, 0.1) is 0 Å². The molecule has 0 saturated heterocycles. The first kappa shape index (κ1) is 12.8. The molecule has 0 aliphatic heterocycles. The van der Waals surface area contributed by atoms with Gasteiger partial charge in [0.25, 0.3) is 20.2 Å². The van der Waals surface area contributed by atoms with Crippen molar-refractivity contribution in [2.75, 3.05) is 0 Å². The minimum Gasteiger partial charge on any atom is -0.215 e. The van der Waals surface area contributed by atoms with Gasteiger partial charge in [-0.1, -0.05) is 28.9 Å². The predicted molar refractivity (Wildman–Crippen MR) is 60.0 cm³/mol. The molecule has 0 aliphatic rings. The molecule has 0 radical (unpaired) electrons. The number of hydrogen-bond donors (Lipinski definition) is 2. The zero-order chi connectivity index (χ0) is 12.4. The molecule has 1 aromatic carbocycles. The fourth-order valence-electron chi connectivity index (χ4n) is 0.984. The van der Waals surface area contributed by atoms with E-state index in [2.05, 4.69) is 11.7 Å². The Bertz CT molecular complexity index is 587. The first-order valence-corrected chi connectivity index (χ1v) is 7.06. The molecule has 0 saturated carbocycles. The molecule has 1 rings (SSSR count). The summed E-state index contributed by atoms with van der Waals surface area (Å²) in [6.45, 7) is 3.50. The summed E-state index contributed by atoms with van der Waals surface area (Å²) in [7, 11) is -8.44. The lowest BCUT2D eigenvalue weighted by Crippen LogP contribution is -2.35. The van der Waals surface area contributed by atoms with E-state index in [0.717, 1.165) is 5.56 Å². The van der Waals surface area contributed by atoms with Gasteiger partial charge in [-0.15, -0.1) is 0 Å². The molecule has 0 unspecified atom stereocenters. The monoisotopic (exact) mass is 262 g/mol. The number of nitrogens with one attached hydrogen (secondary N) is 1. The van der Waals surface area contributed by atoms with E-state index >= 15 is 0 Å². The molecule has 0 amide bonds. The van der Waals surface area contributed by atoms with Gasteiger partial charge < -0.3 is 0 Å². The molecule has 0 aliphatic carbocycles. The van der Waals surface area contributed by atoms with E-state index in [9.17, 15) is 16.8 Å². The molecule has 0 heterocycles. The molecule has 0 fully saturated rings. The molecule has 6 nitrogen and oxygen atoms in total. The Kier molecular flexibility index (Phi) is 3.48. The van der Waals surface area contributed by atoms with Crippen LogP contribution < -0.4 is 9.27 Å². The molecule has 88 valence electrons. The Labute approximate surface area is 94.0 Å². The summed E-state index contributed by atoms with van der Waals surface area (Å²) >= 11 is 0.